The summed E-state index contributed by atoms with van der Waals surface area (Å²) in [6.45, 7) is 4.40. The summed E-state index contributed by atoms with van der Waals surface area (Å²) in [6.07, 6.45) is 1.68. The van der Waals surface area contributed by atoms with Gasteiger partial charge in [-0.15, -0.1) is 0 Å². The van der Waals surface area contributed by atoms with Gasteiger partial charge in [0.2, 0.25) is 0 Å². The Morgan fingerprint density at radius 1 is 1.05 bits per heavy atom. The maximum absolute atomic E-state index is 11.9. The van der Waals surface area contributed by atoms with Crippen LogP contribution >= 0.6 is 0 Å². The van der Waals surface area contributed by atoms with E-state index in [1.54, 1.807) is 0 Å². The topological polar surface area (TPSA) is 26.3 Å². The minimum atomic E-state index is -0.0852. The van der Waals surface area contributed by atoms with E-state index in [9.17, 15) is 4.79 Å². The minimum Gasteiger partial charge on any atom is -0.461 e. The van der Waals surface area contributed by atoms with Crippen molar-refractivity contribution in [1.82, 2.24) is 0 Å². The third kappa shape index (κ3) is 3.14. The fraction of sp³-hybridized carbons (Fsp3) is 0.353. The molecule has 2 nitrogen and oxygen atoms in total. The van der Waals surface area contributed by atoms with Crippen molar-refractivity contribution < 1.29 is 9.53 Å². The monoisotopic (exact) mass is 256 g/mol. The fourth-order valence-electron chi connectivity index (χ4n) is 2.31. The van der Waals surface area contributed by atoms with Crippen LogP contribution in [0.2, 0.25) is 0 Å². The number of esters is 1. The Morgan fingerprint density at radius 3 is 2.47 bits per heavy atom. The van der Waals surface area contributed by atoms with E-state index >= 15 is 0 Å². The van der Waals surface area contributed by atoms with Crippen LogP contribution in [-0.4, -0.2) is 5.97 Å². The number of hydrogen-bond acceptors (Lipinski definition) is 2. The standard InChI is InChI=1S/C17H20O2/c1-3-13(4-2)17(18)19-12-15-10-7-9-14-8-5-6-11-16(14)15/h5-11,13H,3-4,12H2,1-2H3. The third-order valence-electron chi connectivity index (χ3n) is 3.57. The lowest BCUT2D eigenvalue weighted by Gasteiger charge is -2.13. The third-order valence-corrected chi connectivity index (χ3v) is 3.57. The van der Waals surface area contributed by atoms with Crippen LogP contribution in [0.5, 0.6) is 0 Å². The summed E-state index contributed by atoms with van der Waals surface area (Å²) in [4.78, 5) is 11.9. The largest absolute Gasteiger partial charge is 0.461 e. The van der Waals surface area contributed by atoms with Crippen molar-refractivity contribution in [1.29, 1.82) is 0 Å². The molecule has 0 N–H and O–H groups in total. The van der Waals surface area contributed by atoms with Gasteiger partial charge >= 0.3 is 5.97 Å². The molecule has 0 aliphatic rings. The van der Waals surface area contributed by atoms with E-state index in [0.29, 0.717) is 6.61 Å². The Bertz CT molecular complexity index is 551. The van der Waals surface area contributed by atoms with Crippen LogP contribution in [0.3, 0.4) is 0 Å². The van der Waals surface area contributed by atoms with Gasteiger partial charge in [0.1, 0.15) is 6.61 Å². The van der Waals surface area contributed by atoms with Gasteiger partial charge in [-0.05, 0) is 29.2 Å². The second kappa shape index (κ2) is 6.37. The first kappa shape index (κ1) is 13.6. The zero-order valence-electron chi connectivity index (χ0n) is 11.6. The number of benzene rings is 2. The molecule has 0 aliphatic heterocycles. The summed E-state index contributed by atoms with van der Waals surface area (Å²) >= 11 is 0. The van der Waals surface area contributed by atoms with Gasteiger partial charge in [0.15, 0.2) is 0 Å². The average molecular weight is 256 g/mol. The molecule has 0 aromatic heterocycles. The van der Waals surface area contributed by atoms with Crippen molar-refractivity contribution >= 4 is 16.7 Å². The Hall–Kier alpha value is -1.83. The van der Waals surface area contributed by atoms with Crippen LogP contribution in [0.15, 0.2) is 42.5 Å². The van der Waals surface area contributed by atoms with E-state index < -0.39 is 0 Å². The molecule has 2 aromatic carbocycles. The van der Waals surface area contributed by atoms with Crippen molar-refractivity contribution in [2.24, 2.45) is 5.92 Å². The molecule has 0 saturated heterocycles. The van der Waals surface area contributed by atoms with E-state index in [-0.39, 0.29) is 11.9 Å². The zero-order valence-corrected chi connectivity index (χ0v) is 11.6. The molecular weight excluding hydrogens is 236 g/mol. The highest BCUT2D eigenvalue weighted by Crippen LogP contribution is 2.20. The Morgan fingerprint density at radius 2 is 1.74 bits per heavy atom. The van der Waals surface area contributed by atoms with Crippen LogP contribution in [0.1, 0.15) is 32.3 Å². The molecule has 2 heteroatoms. The molecule has 0 atom stereocenters. The van der Waals surface area contributed by atoms with Crippen molar-refractivity contribution in [2.75, 3.05) is 0 Å². The summed E-state index contributed by atoms with van der Waals surface area (Å²) < 4.78 is 5.44. The molecule has 0 unspecified atom stereocenters. The molecule has 0 heterocycles. The van der Waals surface area contributed by atoms with Crippen molar-refractivity contribution in [3.63, 3.8) is 0 Å². The number of fused-ring (bicyclic) bond motifs is 1. The SMILES string of the molecule is CCC(CC)C(=O)OCc1cccc2ccccc12. The summed E-state index contributed by atoms with van der Waals surface area (Å²) in [5.41, 5.74) is 1.07. The highest BCUT2D eigenvalue weighted by atomic mass is 16.5. The predicted octanol–water partition coefficient (Wildman–Crippen LogP) is 4.32. The molecule has 2 aromatic rings. The van der Waals surface area contributed by atoms with Gasteiger partial charge in [-0.1, -0.05) is 56.3 Å². The first-order chi connectivity index (χ1) is 9.26. The molecule has 0 bridgehead atoms. The van der Waals surface area contributed by atoms with Gasteiger partial charge in [-0.25, -0.2) is 0 Å². The molecule has 0 radical (unpaired) electrons. The maximum Gasteiger partial charge on any atom is 0.309 e. The number of carbonyl (C=O) groups is 1. The van der Waals surface area contributed by atoms with E-state index in [2.05, 4.69) is 18.2 Å². The van der Waals surface area contributed by atoms with Gasteiger partial charge in [0, 0.05) is 0 Å². The first-order valence-corrected chi connectivity index (χ1v) is 6.89. The number of ether oxygens (including phenoxy) is 1. The molecule has 0 spiro atoms. The smallest absolute Gasteiger partial charge is 0.309 e. The Balaban J connectivity index is 2.12. The normalized spacial score (nSPS) is 10.9. The summed E-state index contributed by atoms with van der Waals surface area (Å²) in [7, 11) is 0. The van der Waals surface area contributed by atoms with Crippen LogP contribution in [0.4, 0.5) is 0 Å². The van der Waals surface area contributed by atoms with Crippen LogP contribution in [0.25, 0.3) is 10.8 Å². The summed E-state index contributed by atoms with van der Waals surface area (Å²) in [6, 6.07) is 14.3. The average Bonchev–Trinajstić information content (AvgIpc) is 2.46. The number of carbonyl (C=O) groups excluding carboxylic acids is 1. The second-order valence-corrected chi connectivity index (χ2v) is 4.76. The van der Waals surface area contributed by atoms with E-state index in [1.165, 1.54) is 5.39 Å². The molecule has 2 rings (SSSR count). The lowest BCUT2D eigenvalue weighted by molar-refractivity contribution is -0.150. The van der Waals surface area contributed by atoms with Crippen molar-refractivity contribution in [2.45, 2.75) is 33.3 Å². The highest BCUT2D eigenvalue weighted by molar-refractivity contribution is 5.85. The van der Waals surface area contributed by atoms with Crippen LogP contribution in [-0.2, 0) is 16.1 Å². The fourth-order valence-corrected chi connectivity index (χ4v) is 2.31. The van der Waals surface area contributed by atoms with Gasteiger partial charge in [0.05, 0.1) is 5.92 Å². The second-order valence-electron chi connectivity index (χ2n) is 4.76. The summed E-state index contributed by atoms with van der Waals surface area (Å²) in [5, 5.41) is 2.33. The minimum absolute atomic E-state index is 0.0231. The Kier molecular flexibility index (Phi) is 4.56. The number of rotatable bonds is 5. The molecular formula is C17H20O2. The molecule has 0 aliphatic carbocycles. The lowest BCUT2D eigenvalue weighted by atomic mass is 10.0. The quantitative estimate of drug-likeness (QED) is 0.745. The van der Waals surface area contributed by atoms with E-state index in [1.807, 2.05) is 38.1 Å². The van der Waals surface area contributed by atoms with E-state index in [0.717, 1.165) is 23.8 Å². The highest BCUT2D eigenvalue weighted by Gasteiger charge is 2.15. The van der Waals surface area contributed by atoms with Gasteiger partial charge in [-0.3, -0.25) is 4.79 Å². The molecule has 0 fully saturated rings. The maximum atomic E-state index is 11.9. The van der Waals surface area contributed by atoms with Crippen LogP contribution < -0.4 is 0 Å². The summed E-state index contributed by atoms with van der Waals surface area (Å²) in [5.74, 6) is -0.0621. The predicted molar refractivity (Wildman–Crippen MR) is 77.8 cm³/mol. The van der Waals surface area contributed by atoms with Crippen molar-refractivity contribution in [3.8, 4) is 0 Å². The van der Waals surface area contributed by atoms with Gasteiger partial charge in [-0.2, -0.15) is 0 Å². The van der Waals surface area contributed by atoms with E-state index in [4.69, 9.17) is 4.74 Å². The van der Waals surface area contributed by atoms with Gasteiger partial charge in [0.25, 0.3) is 0 Å². The Labute approximate surface area is 114 Å². The molecule has 0 amide bonds. The van der Waals surface area contributed by atoms with Crippen LogP contribution in [0, 0.1) is 5.92 Å². The molecule has 100 valence electrons. The number of hydrogen-bond donors (Lipinski definition) is 0. The molecule has 0 saturated carbocycles. The van der Waals surface area contributed by atoms with Gasteiger partial charge < -0.3 is 4.74 Å². The van der Waals surface area contributed by atoms with Crippen molar-refractivity contribution in [3.05, 3.63) is 48.0 Å². The lowest BCUT2D eigenvalue weighted by Crippen LogP contribution is -2.16. The zero-order chi connectivity index (χ0) is 13.7. The molecule has 19 heavy (non-hydrogen) atoms. The first-order valence-electron chi connectivity index (χ1n) is 6.89.